The lowest BCUT2D eigenvalue weighted by Gasteiger charge is -2.19. The summed E-state index contributed by atoms with van der Waals surface area (Å²) < 4.78 is 0. The quantitative estimate of drug-likeness (QED) is 0.105. The molecule has 0 bridgehead atoms. The summed E-state index contributed by atoms with van der Waals surface area (Å²) in [5.74, 6) is 2.82. The molecule has 1 nitrogen and oxygen atoms in total. The highest BCUT2D eigenvalue weighted by atomic mass is 14.4. The zero-order valence-electron chi connectivity index (χ0n) is 27.4. The molecule has 1 unspecified atom stereocenters. The predicted molar refractivity (Wildman–Crippen MR) is 209 cm³/mol. The van der Waals surface area contributed by atoms with E-state index in [4.69, 9.17) is 11.8 Å². The first-order valence-electron chi connectivity index (χ1n) is 16.5. The fourth-order valence-corrected chi connectivity index (χ4v) is 7.03. The van der Waals surface area contributed by atoms with Crippen molar-refractivity contribution in [2.24, 2.45) is 0 Å². The van der Waals surface area contributed by atoms with E-state index in [1.165, 1.54) is 54.2 Å². The van der Waals surface area contributed by atoms with Crippen molar-refractivity contribution >= 4 is 54.4 Å². The van der Waals surface area contributed by atoms with Crippen LogP contribution in [0.1, 0.15) is 37.3 Å². The molecule has 48 heavy (non-hydrogen) atoms. The Bertz CT molecular complexity index is 2470. The Morgan fingerprint density at radius 1 is 0.729 bits per heavy atom. The minimum absolute atomic E-state index is 0.0702. The van der Waals surface area contributed by atoms with Gasteiger partial charge in [0.2, 0.25) is 0 Å². The van der Waals surface area contributed by atoms with Crippen molar-refractivity contribution in [1.82, 2.24) is 0 Å². The zero-order chi connectivity index (χ0) is 33.0. The Morgan fingerprint density at radius 2 is 1.29 bits per heavy atom. The molecule has 0 heterocycles. The van der Waals surface area contributed by atoms with Crippen LogP contribution in [0, 0.1) is 17.8 Å². The van der Waals surface area contributed by atoms with Gasteiger partial charge in [-0.15, -0.1) is 12.3 Å². The molecule has 6 aromatic carbocycles. The standard InChI is InChI=1S/C47H37N/c1-4-5-6-19-39(44-26-15-16-27-47(44)48)36(28-32(2)45-30-34-17-7-9-20-37(34)40-22-11-13-24-42(40)45)29-33(3)46-31-35-18-8-10-21-38(35)41-23-12-14-25-43(41)46/h1,6-32,48H,5H2,2-3H3/b19-6-,33-29+,36-28+,44-39-,48-47?. The molecule has 1 atom stereocenters. The smallest absolute Gasteiger partial charge is 0.0618 e. The van der Waals surface area contributed by atoms with Crippen molar-refractivity contribution in [2.45, 2.75) is 26.2 Å². The van der Waals surface area contributed by atoms with E-state index in [1.54, 1.807) is 0 Å². The molecule has 0 saturated carbocycles. The Kier molecular flexibility index (Phi) is 8.57. The zero-order valence-corrected chi connectivity index (χ0v) is 27.4. The van der Waals surface area contributed by atoms with Crippen molar-refractivity contribution in [2.75, 3.05) is 0 Å². The number of fused-ring (bicyclic) bond motifs is 6. The van der Waals surface area contributed by atoms with Crippen LogP contribution in [0.4, 0.5) is 0 Å². The number of nitrogens with one attached hydrogen (secondary N) is 1. The van der Waals surface area contributed by atoms with Gasteiger partial charge in [-0.3, -0.25) is 0 Å². The molecule has 0 fully saturated rings. The van der Waals surface area contributed by atoms with Crippen LogP contribution in [0.25, 0.3) is 48.7 Å². The fourth-order valence-electron chi connectivity index (χ4n) is 7.03. The molecule has 0 radical (unpaired) electrons. The van der Waals surface area contributed by atoms with E-state index in [1.807, 2.05) is 30.4 Å². The van der Waals surface area contributed by atoms with Gasteiger partial charge >= 0.3 is 0 Å². The second kappa shape index (κ2) is 13.4. The lowest BCUT2D eigenvalue weighted by atomic mass is 9.85. The van der Waals surface area contributed by atoms with Crippen molar-refractivity contribution in [3.8, 4) is 12.3 Å². The van der Waals surface area contributed by atoms with E-state index in [-0.39, 0.29) is 5.92 Å². The van der Waals surface area contributed by atoms with Crippen molar-refractivity contribution in [3.63, 3.8) is 0 Å². The second-order valence-corrected chi connectivity index (χ2v) is 12.4. The summed E-state index contributed by atoms with van der Waals surface area (Å²) in [6.45, 7) is 4.48. The van der Waals surface area contributed by atoms with Gasteiger partial charge in [0.1, 0.15) is 0 Å². The molecule has 0 spiro atoms. The minimum atomic E-state index is 0.0702. The Labute approximate surface area is 283 Å². The predicted octanol–water partition coefficient (Wildman–Crippen LogP) is 12.5. The third-order valence-corrected chi connectivity index (χ3v) is 9.33. The molecular weight excluding hydrogens is 579 g/mol. The van der Waals surface area contributed by atoms with E-state index in [9.17, 15) is 0 Å². The molecule has 230 valence electrons. The maximum Gasteiger partial charge on any atom is 0.0618 e. The summed E-state index contributed by atoms with van der Waals surface area (Å²) >= 11 is 0. The van der Waals surface area contributed by atoms with Gasteiger partial charge in [-0.25, -0.2) is 0 Å². The molecule has 1 aliphatic carbocycles. The van der Waals surface area contributed by atoms with Crippen LogP contribution in [-0.2, 0) is 0 Å². The maximum atomic E-state index is 8.92. The van der Waals surface area contributed by atoms with Crippen LogP contribution in [0.2, 0.25) is 0 Å². The van der Waals surface area contributed by atoms with Crippen LogP contribution in [0.3, 0.4) is 0 Å². The highest BCUT2D eigenvalue weighted by Crippen LogP contribution is 2.37. The van der Waals surface area contributed by atoms with Crippen LogP contribution < -0.4 is 0 Å². The average molecular weight is 616 g/mol. The number of terminal acetylenes is 1. The normalized spacial score (nSPS) is 15.6. The Balaban J connectivity index is 1.48. The van der Waals surface area contributed by atoms with E-state index in [2.05, 4.69) is 147 Å². The molecule has 1 heteroatoms. The summed E-state index contributed by atoms with van der Waals surface area (Å²) in [5, 5.41) is 18.9. The molecule has 0 aromatic heterocycles. The van der Waals surface area contributed by atoms with E-state index < -0.39 is 0 Å². The van der Waals surface area contributed by atoms with Crippen molar-refractivity contribution < 1.29 is 0 Å². The molecule has 0 amide bonds. The third-order valence-electron chi connectivity index (χ3n) is 9.33. The summed E-state index contributed by atoms with van der Waals surface area (Å²) in [6.07, 6.45) is 22.8. The highest BCUT2D eigenvalue weighted by Gasteiger charge is 2.17. The first-order valence-corrected chi connectivity index (χ1v) is 16.5. The third kappa shape index (κ3) is 5.86. The van der Waals surface area contributed by atoms with Crippen LogP contribution in [0.15, 0.2) is 175 Å². The van der Waals surface area contributed by atoms with Crippen molar-refractivity contribution in [3.05, 3.63) is 186 Å². The van der Waals surface area contributed by atoms with Gasteiger partial charge in [0.05, 0.1) is 5.71 Å². The monoisotopic (exact) mass is 615 g/mol. The summed E-state index contributed by atoms with van der Waals surface area (Å²) in [5.41, 5.74) is 7.03. The Hall–Kier alpha value is -5.97. The Morgan fingerprint density at radius 3 is 1.96 bits per heavy atom. The summed E-state index contributed by atoms with van der Waals surface area (Å²) in [6, 6.07) is 39.3. The van der Waals surface area contributed by atoms with Gasteiger partial charge < -0.3 is 5.41 Å². The number of hydrogen-bond acceptors (Lipinski definition) is 1. The molecule has 7 rings (SSSR count). The van der Waals surface area contributed by atoms with E-state index in [0.29, 0.717) is 12.1 Å². The first kappa shape index (κ1) is 30.7. The number of hydrogen-bond donors (Lipinski definition) is 1. The second-order valence-electron chi connectivity index (χ2n) is 12.4. The SMILES string of the molecule is C#CC\C=C/C(=C1\C=CC=CC1=N)C(=C/C(C)c1cc2ccccc2c2ccccc12)/C=C(\C)c1cc2ccccc2c2ccccc12. The maximum absolute atomic E-state index is 8.92. The molecular formula is C47H37N. The van der Waals surface area contributed by atoms with E-state index in [0.717, 1.165) is 22.3 Å². The largest absolute Gasteiger partial charge is 0.300 e. The van der Waals surface area contributed by atoms with Gasteiger partial charge in [0.25, 0.3) is 0 Å². The summed E-state index contributed by atoms with van der Waals surface area (Å²) in [7, 11) is 0. The lowest BCUT2D eigenvalue weighted by molar-refractivity contribution is 0.974. The average Bonchev–Trinajstić information content (AvgIpc) is 3.13. The number of benzene rings is 6. The first-order chi connectivity index (χ1) is 23.5. The van der Waals surface area contributed by atoms with Gasteiger partial charge in [0.15, 0.2) is 0 Å². The van der Waals surface area contributed by atoms with Gasteiger partial charge in [-0.05, 0) is 96.1 Å². The lowest BCUT2D eigenvalue weighted by Crippen LogP contribution is -2.04. The molecule has 0 saturated heterocycles. The van der Waals surface area contributed by atoms with E-state index >= 15 is 0 Å². The number of rotatable bonds is 7. The van der Waals surface area contributed by atoms with Crippen LogP contribution >= 0.6 is 0 Å². The molecule has 6 aromatic rings. The van der Waals surface area contributed by atoms with Gasteiger partial charge in [-0.2, -0.15) is 0 Å². The van der Waals surface area contributed by atoms with Gasteiger partial charge in [0, 0.05) is 17.9 Å². The minimum Gasteiger partial charge on any atom is -0.300 e. The van der Waals surface area contributed by atoms with Crippen molar-refractivity contribution in [1.29, 1.82) is 5.41 Å². The topological polar surface area (TPSA) is 23.9 Å². The summed E-state index contributed by atoms with van der Waals surface area (Å²) in [4.78, 5) is 0. The number of allylic oxidation sites excluding steroid dienone is 12. The highest BCUT2D eigenvalue weighted by molar-refractivity contribution is 6.13. The van der Waals surface area contributed by atoms with Gasteiger partial charge in [-0.1, -0.05) is 147 Å². The molecule has 0 aliphatic heterocycles. The molecule has 1 N–H and O–H groups in total. The fraction of sp³-hybridized carbons (Fsp3) is 0.0851. The van der Waals surface area contributed by atoms with Crippen LogP contribution in [-0.4, -0.2) is 5.71 Å². The molecule has 1 aliphatic rings. The van der Waals surface area contributed by atoms with Crippen LogP contribution in [0.5, 0.6) is 0 Å².